The Morgan fingerprint density at radius 1 is 0.612 bits per heavy atom. The summed E-state index contributed by atoms with van der Waals surface area (Å²) in [5.74, 6) is -4.19. The molecular weight excluding hydrogens is 657 g/mol. The molecule has 3 aliphatic rings. The number of ketones is 1. The van der Waals surface area contributed by atoms with Crippen molar-refractivity contribution in [1.29, 1.82) is 0 Å². The highest BCUT2D eigenvalue weighted by Gasteiger charge is 2.82. The second-order valence-electron chi connectivity index (χ2n) is 12.5. The van der Waals surface area contributed by atoms with Gasteiger partial charge in [0, 0.05) is 10.0 Å². The zero-order chi connectivity index (χ0) is 34.1. The third-order valence-corrected chi connectivity index (χ3v) is 10.7. The van der Waals surface area contributed by atoms with E-state index in [-0.39, 0.29) is 17.0 Å². The molecule has 4 atom stereocenters. The Morgan fingerprint density at radius 2 is 1.06 bits per heavy atom. The SMILES string of the molecule is COC(=O)c1cccc(N2C(=O)C3C(C2=O)C2(c4ccc(Cl)cc4)C(=O)C3(c3ccc(Cl)cc3)C(c3ccccc3)=C2c2ccccc2)c1. The fourth-order valence-electron chi connectivity index (χ4n) is 8.50. The fraction of sp³-hybridized carbons (Fsp3) is 0.122. The van der Waals surface area contributed by atoms with Crippen molar-refractivity contribution >= 4 is 63.6 Å². The van der Waals surface area contributed by atoms with Gasteiger partial charge in [0.05, 0.1) is 41.0 Å². The maximum Gasteiger partial charge on any atom is 0.337 e. The molecule has 0 radical (unpaired) electrons. The van der Waals surface area contributed by atoms with Crippen LogP contribution in [0.3, 0.4) is 0 Å². The van der Waals surface area contributed by atoms with Gasteiger partial charge in [0.15, 0.2) is 5.78 Å². The number of ether oxygens (including phenoxy) is 1. The maximum absolute atomic E-state index is 16.0. The van der Waals surface area contributed by atoms with Crippen LogP contribution in [-0.4, -0.2) is 30.7 Å². The summed E-state index contributed by atoms with van der Waals surface area (Å²) in [6, 6.07) is 39.3. The fourth-order valence-corrected chi connectivity index (χ4v) is 8.75. The standard InChI is InChI=1S/C41H27Cl2NO5/c1-49-38(47)26-13-8-14-31(23-26)44-36(45)34-35(37(44)46)41(28-17-21-30(43)22-18-28)33(25-11-6-3-7-12-25)32(24-9-4-2-5-10-24)40(34,39(41)48)27-15-19-29(42)20-16-27/h2-23,34-35H,1H3. The van der Waals surface area contributed by atoms with Gasteiger partial charge in [-0.05, 0) is 75.9 Å². The number of rotatable bonds is 6. The summed E-state index contributed by atoms with van der Waals surface area (Å²) in [6.07, 6.45) is 0. The molecule has 0 aromatic heterocycles. The van der Waals surface area contributed by atoms with Gasteiger partial charge in [-0.2, -0.15) is 0 Å². The highest BCUT2D eigenvalue weighted by Crippen LogP contribution is 2.74. The predicted molar refractivity (Wildman–Crippen MR) is 188 cm³/mol. The molecule has 5 aromatic rings. The predicted octanol–water partition coefficient (Wildman–Crippen LogP) is 7.97. The van der Waals surface area contributed by atoms with Crippen LogP contribution in [0.25, 0.3) is 11.1 Å². The first-order valence-electron chi connectivity index (χ1n) is 15.8. The van der Waals surface area contributed by atoms with E-state index in [1.807, 2.05) is 60.7 Å². The van der Waals surface area contributed by atoms with Crippen molar-refractivity contribution in [3.05, 3.63) is 171 Å². The van der Waals surface area contributed by atoms with Crippen molar-refractivity contribution in [1.82, 2.24) is 0 Å². The number of halogens is 2. The Morgan fingerprint density at radius 3 is 1.49 bits per heavy atom. The molecule has 0 N–H and O–H groups in total. The molecule has 8 heteroatoms. The first kappa shape index (κ1) is 31.0. The van der Waals surface area contributed by atoms with Crippen LogP contribution in [-0.2, 0) is 30.0 Å². The normalized spacial score (nSPS) is 24.1. The van der Waals surface area contributed by atoms with Crippen molar-refractivity contribution in [2.45, 2.75) is 10.8 Å². The van der Waals surface area contributed by atoms with Crippen LogP contribution in [0.4, 0.5) is 5.69 Å². The van der Waals surface area contributed by atoms with Crippen LogP contribution in [0, 0.1) is 11.8 Å². The molecule has 6 nitrogen and oxygen atoms in total. The van der Waals surface area contributed by atoms with E-state index < -0.39 is 40.4 Å². The van der Waals surface area contributed by atoms with Gasteiger partial charge in [-0.15, -0.1) is 0 Å². The molecule has 2 amide bonds. The second-order valence-corrected chi connectivity index (χ2v) is 13.3. The third-order valence-electron chi connectivity index (χ3n) is 10.2. The van der Waals surface area contributed by atoms with Crippen molar-refractivity contribution < 1.29 is 23.9 Å². The summed E-state index contributed by atoms with van der Waals surface area (Å²) in [6.45, 7) is 0. The number of benzene rings is 5. The number of anilines is 1. The monoisotopic (exact) mass is 683 g/mol. The summed E-state index contributed by atoms with van der Waals surface area (Å²) in [5, 5.41) is 0.931. The maximum atomic E-state index is 16.0. The van der Waals surface area contributed by atoms with Crippen LogP contribution in [0.1, 0.15) is 32.6 Å². The number of imide groups is 1. The Bertz CT molecular complexity index is 2090. The van der Waals surface area contributed by atoms with Crippen molar-refractivity contribution in [3.63, 3.8) is 0 Å². The molecule has 2 bridgehead atoms. The van der Waals surface area contributed by atoms with E-state index in [4.69, 9.17) is 27.9 Å². The average molecular weight is 685 g/mol. The summed E-state index contributed by atoms with van der Waals surface area (Å²) < 4.78 is 4.93. The Labute approximate surface area is 292 Å². The largest absolute Gasteiger partial charge is 0.465 e. The second kappa shape index (κ2) is 11.4. The molecule has 2 aliphatic carbocycles. The quantitative estimate of drug-likeness (QED) is 0.134. The number of methoxy groups -OCH3 is 1. The highest BCUT2D eigenvalue weighted by atomic mass is 35.5. The van der Waals surface area contributed by atoms with Crippen LogP contribution >= 0.6 is 23.2 Å². The first-order valence-corrected chi connectivity index (χ1v) is 16.5. The number of hydrogen-bond donors (Lipinski definition) is 0. The number of fused-ring (bicyclic) bond motifs is 5. The molecule has 4 unspecified atom stereocenters. The minimum absolute atomic E-state index is 0.185. The summed E-state index contributed by atoms with van der Waals surface area (Å²) >= 11 is 12.8. The zero-order valence-electron chi connectivity index (χ0n) is 26.1. The lowest BCUT2D eigenvalue weighted by Gasteiger charge is -2.39. The van der Waals surface area contributed by atoms with Crippen molar-refractivity contribution in [2.24, 2.45) is 11.8 Å². The minimum Gasteiger partial charge on any atom is -0.465 e. The molecule has 5 aromatic carbocycles. The number of esters is 1. The minimum atomic E-state index is -1.59. The number of allylic oxidation sites excluding steroid dienone is 2. The average Bonchev–Trinajstić information content (AvgIpc) is 3.64. The van der Waals surface area contributed by atoms with E-state index >= 15 is 14.4 Å². The highest BCUT2D eigenvalue weighted by molar-refractivity contribution is 6.39. The lowest BCUT2D eigenvalue weighted by molar-refractivity contribution is -0.130. The van der Waals surface area contributed by atoms with Gasteiger partial charge in [-0.3, -0.25) is 14.4 Å². The molecule has 2 fully saturated rings. The van der Waals surface area contributed by atoms with E-state index in [1.54, 1.807) is 66.7 Å². The van der Waals surface area contributed by atoms with Gasteiger partial charge >= 0.3 is 5.97 Å². The molecule has 240 valence electrons. The van der Waals surface area contributed by atoms with Crippen LogP contribution in [0.15, 0.2) is 133 Å². The van der Waals surface area contributed by atoms with Crippen LogP contribution in [0.5, 0.6) is 0 Å². The molecule has 0 spiro atoms. The lowest BCUT2D eigenvalue weighted by atomic mass is 9.59. The summed E-state index contributed by atoms with van der Waals surface area (Å²) in [5.41, 5.74) is 1.17. The van der Waals surface area contributed by atoms with Crippen LogP contribution in [0.2, 0.25) is 10.0 Å². The number of Topliss-reactive ketones (excluding diaryl/α,β-unsaturated/α-hetero) is 1. The molecule has 1 aliphatic heterocycles. The lowest BCUT2D eigenvalue weighted by Crippen LogP contribution is -2.45. The molecule has 1 saturated carbocycles. The number of nitrogens with zero attached hydrogens (tertiary/aromatic N) is 1. The van der Waals surface area contributed by atoms with Gasteiger partial charge < -0.3 is 4.74 Å². The van der Waals surface area contributed by atoms with E-state index in [2.05, 4.69) is 0 Å². The first-order chi connectivity index (χ1) is 23.8. The summed E-state index contributed by atoms with van der Waals surface area (Å²) in [7, 11) is 1.27. The number of hydrogen-bond acceptors (Lipinski definition) is 5. The third kappa shape index (κ3) is 4.14. The molecule has 1 heterocycles. The smallest absolute Gasteiger partial charge is 0.337 e. The van der Waals surface area contributed by atoms with E-state index in [9.17, 15) is 4.79 Å². The topological polar surface area (TPSA) is 80.8 Å². The number of carbonyl (C=O) groups excluding carboxylic acids is 4. The van der Waals surface area contributed by atoms with E-state index in [1.165, 1.54) is 13.2 Å². The zero-order valence-corrected chi connectivity index (χ0v) is 27.6. The van der Waals surface area contributed by atoms with Gasteiger partial charge in [-0.25, -0.2) is 9.69 Å². The molecule has 8 rings (SSSR count). The van der Waals surface area contributed by atoms with E-state index in [0.717, 1.165) is 16.0 Å². The van der Waals surface area contributed by atoms with Crippen LogP contribution < -0.4 is 4.90 Å². The van der Waals surface area contributed by atoms with Crippen molar-refractivity contribution in [2.75, 3.05) is 12.0 Å². The van der Waals surface area contributed by atoms with Gasteiger partial charge in [-0.1, -0.05) is 114 Å². The Kier molecular flexibility index (Phi) is 7.21. The number of amides is 2. The van der Waals surface area contributed by atoms with E-state index in [0.29, 0.717) is 32.3 Å². The van der Waals surface area contributed by atoms with Gasteiger partial charge in [0.25, 0.3) is 0 Å². The molecule has 1 saturated heterocycles. The van der Waals surface area contributed by atoms with Crippen molar-refractivity contribution in [3.8, 4) is 0 Å². The number of carbonyl (C=O) groups is 4. The van der Waals surface area contributed by atoms with Gasteiger partial charge in [0.2, 0.25) is 11.8 Å². The Balaban J connectivity index is 1.52. The molecule has 49 heavy (non-hydrogen) atoms. The molecular formula is C41H27Cl2NO5. The van der Waals surface area contributed by atoms with Gasteiger partial charge in [0.1, 0.15) is 0 Å². The Hall–Kier alpha value is -5.30. The summed E-state index contributed by atoms with van der Waals surface area (Å²) in [4.78, 5) is 60.0.